The molecular formula is C6H12BrNO2S2. The van der Waals surface area contributed by atoms with Crippen molar-refractivity contribution < 1.29 is 8.42 Å². The summed E-state index contributed by atoms with van der Waals surface area (Å²) in [6.07, 6.45) is 0. The summed E-state index contributed by atoms with van der Waals surface area (Å²) in [5.74, 6) is 0.910. The van der Waals surface area contributed by atoms with Crippen molar-refractivity contribution in [2.24, 2.45) is 0 Å². The maximum atomic E-state index is 11.4. The summed E-state index contributed by atoms with van der Waals surface area (Å²) < 4.78 is 24.3. The molecule has 1 aliphatic rings. The Kier molecular flexibility index (Phi) is 3.88. The molecule has 0 aliphatic carbocycles. The molecule has 1 aliphatic heterocycles. The lowest BCUT2D eigenvalue weighted by Gasteiger charge is -2.28. The minimum Gasteiger partial charge on any atom is -0.211 e. The fourth-order valence-corrected chi connectivity index (χ4v) is 4.16. The molecule has 1 rings (SSSR count). The summed E-state index contributed by atoms with van der Waals surface area (Å²) in [4.78, 5) is 0. The molecule has 0 amide bonds. The van der Waals surface area contributed by atoms with Crippen LogP contribution in [0, 0.1) is 0 Å². The number of alkyl halides is 1. The zero-order valence-corrected chi connectivity index (χ0v) is 10.1. The van der Waals surface area contributed by atoms with Gasteiger partial charge in [0.2, 0.25) is 10.0 Å². The van der Waals surface area contributed by atoms with E-state index in [-0.39, 0.29) is 4.66 Å². The highest BCUT2D eigenvalue weighted by molar-refractivity contribution is 9.10. The summed E-state index contributed by atoms with van der Waals surface area (Å²) in [7, 11) is -3.02. The van der Waals surface area contributed by atoms with Gasteiger partial charge in [-0.1, -0.05) is 22.9 Å². The molecule has 72 valence electrons. The van der Waals surface area contributed by atoms with Gasteiger partial charge in [-0.25, -0.2) is 8.42 Å². The second-order valence-electron chi connectivity index (χ2n) is 2.76. The lowest BCUT2D eigenvalue weighted by Crippen LogP contribution is -2.41. The minimum atomic E-state index is -3.02. The summed E-state index contributed by atoms with van der Waals surface area (Å²) in [5, 5.41) is 0.424. The van der Waals surface area contributed by atoms with Crippen molar-refractivity contribution in [3.8, 4) is 0 Å². The van der Waals surface area contributed by atoms with Gasteiger partial charge in [-0.2, -0.15) is 16.1 Å². The molecule has 0 aromatic carbocycles. The Morgan fingerprint density at radius 3 is 2.83 bits per heavy atom. The van der Waals surface area contributed by atoms with Crippen LogP contribution in [0.1, 0.15) is 6.92 Å². The van der Waals surface area contributed by atoms with Crippen LogP contribution in [0.15, 0.2) is 0 Å². The average molecular weight is 274 g/mol. The van der Waals surface area contributed by atoms with E-state index in [9.17, 15) is 8.42 Å². The van der Waals surface area contributed by atoms with Crippen LogP contribution in [-0.2, 0) is 10.0 Å². The quantitative estimate of drug-likeness (QED) is 0.708. The molecule has 0 radical (unpaired) electrons. The Hall–Kier alpha value is 0.740. The van der Waals surface area contributed by atoms with E-state index >= 15 is 0 Å². The highest BCUT2D eigenvalue weighted by Gasteiger charge is 2.25. The smallest absolute Gasteiger partial charge is 0.211 e. The van der Waals surface area contributed by atoms with Crippen molar-refractivity contribution in [1.29, 1.82) is 0 Å². The molecule has 6 heteroatoms. The molecule has 1 heterocycles. The van der Waals surface area contributed by atoms with Crippen LogP contribution in [0.4, 0.5) is 0 Å². The number of rotatable bonds is 2. The SMILES string of the molecule is CC1CN(S(=O)(=O)CBr)CCS1. The van der Waals surface area contributed by atoms with Gasteiger partial charge >= 0.3 is 0 Å². The van der Waals surface area contributed by atoms with Crippen molar-refractivity contribution >= 4 is 37.7 Å². The number of hydrogen-bond donors (Lipinski definition) is 0. The maximum absolute atomic E-state index is 11.4. The Balaban J connectivity index is 2.63. The molecule has 0 aromatic rings. The first kappa shape index (κ1) is 10.8. The van der Waals surface area contributed by atoms with Gasteiger partial charge in [0.1, 0.15) is 4.66 Å². The molecular weight excluding hydrogens is 262 g/mol. The van der Waals surface area contributed by atoms with E-state index in [1.807, 2.05) is 11.8 Å². The second-order valence-corrected chi connectivity index (χ2v) is 7.58. The van der Waals surface area contributed by atoms with Gasteiger partial charge in [0.15, 0.2) is 0 Å². The van der Waals surface area contributed by atoms with Crippen LogP contribution >= 0.6 is 27.7 Å². The first-order valence-corrected chi connectivity index (χ1v) is 7.49. The molecule has 1 saturated heterocycles. The van der Waals surface area contributed by atoms with Gasteiger partial charge in [-0.15, -0.1) is 0 Å². The summed E-state index contributed by atoms with van der Waals surface area (Å²) in [6.45, 7) is 3.36. The van der Waals surface area contributed by atoms with E-state index in [1.54, 1.807) is 4.31 Å². The molecule has 0 N–H and O–H groups in total. The zero-order valence-electron chi connectivity index (χ0n) is 6.86. The number of nitrogens with zero attached hydrogens (tertiary/aromatic N) is 1. The molecule has 0 spiro atoms. The Morgan fingerprint density at radius 1 is 1.67 bits per heavy atom. The van der Waals surface area contributed by atoms with Crippen molar-refractivity contribution in [2.45, 2.75) is 12.2 Å². The fraction of sp³-hybridized carbons (Fsp3) is 1.00. The first-order valence-electron chi connectivity index (χ1n) is 3.71. The van der Waals surface area contributed by atoms with Gasteiger partial charge in [0.05, 0.1) is 0 Å². The highest BCUT2D eigenvalue weighted by Crippen LogP contribution is 2.20. The highest BCUT2D eigenvalue weighted by atomic mass is 79.9. The van der Waals surface area contributed by atoms with Crippen LogP contribution in [0.5, 0.6) is 0 Å². The molecule has 12 heavy (non-hydrogen) atoms. The molecule has 0 bridgehead atoms. The Bertz CT molecular complexity index is 242. The number of halogens is 1. The first-order chi connectivity index (χ1) is 5.56. The third-order valence-electron chi connectivity index (χ3n) is 1.74. The van der Waals surface area contributed by atoms with Crippen molar-refractivity contribution in [2.75, 3.05) is 23.5 Å². The number of hydrogen-bond acceptors (Lipinski definition) is 3. The fourth-order valence-electron chi connectivity index (χ4n) is 1.11. The third kappa shape index (κ3) is 2.61. The van der Waals surface area contributed by atoms with Crippen LogP contribution in [-0.4, -0.2) is 41.5 Å². The molecule has 1 fully saturated rings. The van der Waals surface area contributed by atoms with Crippen molar-refractivity contribution in [1.82, 2.24) is 4.31 Å². The van der Waals surface area contributed by atoms with E-state index in [2.05, 4.69) is 22.9 Å². The van der Waals surface area contributed by atoms with Gasteiger partial charge in [0, 0.05) is 24.1 Å². The number of thioether (sulfide) groups is 1. The molecule has 1 unspecified atom stereocenters. The lowest BCUT2D eigenvalue weighted by molar-refractivity contribution is 0.428. The van der Waals surface area contributed by atoms with E-state index in [0.717, 1.165) is 5.75 Å². The van der Waals surface area contributed by atoms with Crippen LogP contribution in [0.2, 0.25) is 0 Å². The Morgan fingerprint density at radius 2 is 2.33 bits per heavy atom. The predicted molar refractivity (Wildman–Crippen MR) is 56.2 cm³/mol. The summed E-state index contributed by atoms with van der Waals surface area (Å²) >= 11 is 4.82. The van der Waals surface area contributed by atoms with E-state index < -0.39 is 10.0 Å². The van der Waals surface area contributed by atoms with E-state index in [0.29, 0.717) is 18.3 Å². The van der Waals surface area contributed by atoms with Crippen LogP contribution < -0.4 is 0 Å². The lowest BCUT2D eigenvalue weighted by atomic mass is 10.4. The number of sulfonamides is 1. The molecule has 3 nitrogen and oxygen atoms in total. The minimum absolute atomic E-state index is 0.0391. The second kappa shape index (κ2) is 4.30. The standard InChI is InChI=1S/C6H12BrNO2S2/c1-6-4-8(2-3-11-6)12(9,10)5-7/h6H,2-5H2,1H3. The van der Waals surface area contributed by atoms with Crippen molar-refractivity contribution in [3.05, 3.63) is 0 Å². The molecule has 0 aromatic heterocycles. The average Bonchev–Trinajstić information content (AvgIpc) is 2.05. The third-order valence-corrected chi connectivity index (χ3v) is 6.00. The van der Waals surface area contributed by atoms with Gasteiger partial charge in [0.25, 0.3) is 0 Å². The van der Waals surface area contributed by atoms with E-state index in [4.69, 9.17) is 0 Å². The Labute approximate surface area is 86.1 Å². The summed E-state index contributed by atoms with van der Waals surface area (Å²) in [5.41, 5.74) is 0. The largest absolute Gasteiger partial charge is 0.224 e. The molecule has 0 saturated carbocycles. The van der Waals surface area contributed by atoms with Gasteiger partial charge < -0.3 is 0 Å². The summed E-state index contributed by atoms with van der Waals surface area (Å²) in [6, 6.07) is 0. The topological polar surface area (TPSA) is 37.4 Å². The monoisotopic (exact) mass is 273 g/mol. The molecule has 1 atom stereocenters. The van der Waals surface area contributed by atoms with Crippen LogP contribution in [0.3, 0.4) is 0 Å². The zero-order chi connectivity index (χ0) is 9.19. The normalized spacial score (nSPS) is 27.3. The predicted octanol–water partition coefficient (Wildman–Crippen LogP) is 1.11. The van der Waals surface area contributed by atoms with Gasteiger partial charge in [-0.3, -0.25) is 0 Å². The van der Waals surface area contributed by atoms with E-state index in [1.165, 1.54) is 0 Å². The van der Waals surface area contributed by atoms with Crippen LogP contribution in [0.25, 0.3) is 0 Å². The van der Waals surface area contributed by atoms with Gasteiger partial charge in [-0.05, 0) is 0 Å². The van der Waals surface area contributed by atoms with Crippen molar-refractivity contribution in [3.63, 3.8) is 0 Å². The maximum Gasteiger partial charge on any atom is 0.224 e.